The van der Waals surface area contributed by atoms with Crippen LogP contribution in [0.15, 0.2) is 9.59 Å². The van der Waals surface area contributed by atoms with Crippen LogP contribution in [0.5, 0.6) is 0 Å². The number of anilines is 2. The summed E-state index contributed by atoms with van der Waals surface area (Å²) in [6, 6.07) is 0. The van der Waals surface area contributed by atoms with Crippen LogP contribution in [0.3, 0.4) is 0 Å². The van der Waals surface area contributed by atoms with Crippen molar-refractivity contribution in [3.63, 3.8) is 0 Å². The molecule has 1 N–H and O–H groups in total. The molecule has 0 spiro atoms. The van der Waals surface area contributed by atoms with E-state index in [-0.39, 0.29) is 10.9 Å². The van der Waals surface area contributed by atoms with Gasteiger partial charge in [0.25, 0.3) is 10.9 Å². The molecule has 0 aliphatic carbocycles. The van der Waals surface area contributed by atoms with Gasteiger partial charge >= 0.3 is 0 Å². The lowest BCUT2D eigenvalue weighted by atomic mass is 9.90. The molecule has 4 nitrogen and oxygen atoms in total. The van der Waals surface area contributed by atoms with Crippen LogP contribution < -0.4 is 21.1 Å². The lowest BCUT2D eigenvalue weighted by molar-refractivity contribution is 0.370. The zero-order chi connectivity index (χ0) is 13.9. The van der Waals surface area contributed by atoms with E-state index in [0.29, 0.717) is 16.8 Å². The zero-order valence-electron chi connectivity index (χ0n) is 12.1. The highest BCUT2D eigenvalue weighted by molar-refractivity contribution is 5.74. The monoisotopic (exact) mass is 252 g/mol. The van der Waals surface area contributed by atoms with Crippen molar-refractivity contribution in [3.05, 3.63) is 20.4 Å². The molecule has 0 fully saturated rings. The maximum atomic E-state index is 11.5. The molecule has 1 rings (SSSR count). The van der Waals surface area contributed by atoms with E-state index in [1.165, 1.54) is 0 Å². The Bertz CT molecular complexity index is 465. The van der Waals surface area contributed by atoms with Crippen LogP contribution >= 0.6 is 0 Å². The third-order valence-electron chi connectivity index (χ3n) is 3.15. The van der Waals surface area contributed by atoms with Crippen LogP contribution in [-0.2, 0) is 0 Å². The Morgan fingerprint density at radius 3 is 2.28 bits per heavy atom. The molecule has 0 atom stereocenters. The molecule has 1 aromatic rings. The maximum Gasteiger partial charge on any atom is 0.253 e. The summed E-state index contributed by atoms with van der Waals surface area (Å²) in [5.41, 5.74) is 0.605. The van der Waals surface area contributed by atoms with Gasteiger partial charge in [-0.1, -0.05) is 20.8 Å². The van der Waals surface area contributed by atoms with Gasteiger partial charge in [0, 0.05) is 20.1 Å². The molecule has 0 aliphatic rings. The quantitative estimate of drug-likeness (QED) is 0.621. The molecule has 0 radical (unpaired) electrons. The fraction of sp³-hybridized carbons (Fsp3) is 0.714. The molecule has 0 aliphatic heterocycles. The number of hydrogen-bond acceptors (Lipinski definition) is 4. The summed E-state index contributed by atoms with van der Waals surface area (Å²) in [5.74, 6) is 0. The second kappa shape index (κ2) is 5.55. The van der Waals surface area contributed by atoms with Gasteiger partial charge in [0.2, 0.25) is 0 Å². The lowest BCUT2D eigenvalue weighted by Gasteiger charge is -2.23. The van der Waals surface area contributed by atoms with Gasteiger partial charge in [-0.2, -0.15) is 0 Å². The first-order valence-electron chi connectivity index (χ1n) is 6.56. The first kappa shape index (κ1) is 14.7. The van der Waals surface area contributed by atoms with E-state index in [0.717, 1.165) is 25.9 Å². The van der Waals surface area contributed by atoms with E-state index in [1.807, 2.05) is 18.9 Å². The average molecular weight is 252 g/mol. The van der Waals surface area contributed by atoms with Gasteiger partial charge in [0.05, 0.1) is 0 Å². The summed E-state index contributed by atoms with van der Waals surface area (Å²) in [6.07, 6.45) is 2.09. The van der Waals surface area contributed by atoms with Gasteiger partial charge < -0.3 is 10.2 Å². The van der Waals surface area contributed by atoms with E-state index in [1.54, 1.807) is 0 Å². The van der Waals surface area contributed by atoms with Crippen molar-refractivity contribution in [1.29, 1.82) is 0 Å². The van der Waals surface area contributed by atoms with Crippen LogP contribution in [-0.4, -0.2) is 20.1 Å². The predicted molar refractivity (Wildman–Crippen MR) is 77.5 cm³/mol. The highest BCUT2D eigenvalue weighted by atomic mass is 16.2. The van der Waals surface area contributed by atoms with Crippen LogP contribution in [0, 0.1) is 5.41 Å². The number of hydrogen-bond donors (Lipinski definition) is 1. The molecule has 18 heavy (non-hydrogen) atoms. The van der Waals surface area contributed by atoms with Gasteiger partial charge in [-0.25, -0.2) is 0 Å². The van der Waals surface area contributed by atoms with Crippen molar-refractivity contribution in [2.45, 2.75) is 40.5 Å². The Kier molecular flexibility index (Phi) is 4.54. The Labute approximate surface area is 109 Å². The minimum absolute atomic E-state index is 0.304. The Balaban J connectivity index is 2.56. The molecular formula is C14H24N2O2. The summed E-state index contributed by atoms with van der Waals surface area (Å²) in [4.78, 5) is 24.8. The SMILES string of the molecule is CCN(C)c1c(NCCCC(C)(C)C)c(=O)c1=O. The van der Waals surface area contributed by atoms with Crippen molar-refractivity contribution < 1.29 is 0 Å². The fourth-order valence-corrected chi connectivity index (χ4v) is 1.90. The summed E-state index contributed by atoms with van der Waals surface area (Å²) in [7, 11) is 1.83. The second-order valence-electron chi connectivity index (χ2n) is 5.99. The van der Waals surface area contributed by atoms with Crippen LogP contribution in [0.1, 0.15) is 40.5 Å². The van der Waals surface area contributed by atoms with Gasteiger partial charge in [-0.3, -0.25) is 9.59 Å². The third kappa shape index (κ3) is 3.34. The summed E-state index contributed by atoms with van der Waals surface area (Å²) < 4.78 is 0. The van der Waals surface area contributed by atoms with Crippen LogP contribution in [0.4, 0.5) is 11.4 Å². The van der Waals surface area contributed by atoms with E-state index < -0.39 is 0 Å². The number of rotatable bonds is 6. The first-order chi connectivity index (χ1) is 8.28. The van der Waals surface area contributed by atoms with Crippen molar-refractivity contribution >= 4 is 11.4 Å². The summed E-state index contributed by atoms with van der Waals surface area (Å²) in [6.45, 7) is 10.0. The molecule has 0 unspecified atom stereocenters. The maximum absolute atomic E-state index is 11.5. The van der Waals surface area contributed by atoms with Crippen molar-refractivity contribution in [2.24, 2.45) is 5.41 Å². The second-order valence-corrected chi connectivity index (χ2v) is 5.99. The molecule has 1 aromatic carbocycles. The predicted octanol–water partition coefficient (Wildman–Crippen LogP) is 1.98. The minimum Gasteiger partial charge on any atom is -0.380 e. The van der Waals surface area contributed by atoms with Crippen molar-refractivity contribution in [3.8, 4) is 0 Å². The number of nitrogens with one attached hydrogen (secondary N) is 1. The summed E-state index contributed by atoms with van der Waals surface area (Å²) >= 11 is 0. The Morgan fingerprint density at radius 1 is 1.17 bits per heavy atom. The Hall–Kier alpha value is -1.32. The Morgan fingerprint density at radius 2 is 1.78 bits per heavy atom. The molecule has 0 saturated carbocycles. The molecule has 102 valence electrons. The zero-order valence-corrected chi connectivity index (χ0v) is 12.1. The van der Waals surface area contributed by atoms with E-state index in [9.17, 15) is 9.59 Å². The van der Waals surface area contributed by atoms with Crippen LogP contribution in [0.25, 0.3) is 0 Å². The largest absolute Gasteiger partial charge is 0.380 e. The molecular weight excluding hydrogens is 228 g/mol. The van der Waals surface area contributed by atoms with E-state index in [4.69, 9.17) is 0 Å². The van der Waals surface area contributed by atoms with E-state index >= 15 is 0 Å². The number of nitrogens with zero attached hydrogens (tertiary/aromatic N) is 1. The van der Waals surface area contributed by atoms with Gasteiger partial charge in [-0.05, 0) is 25.2 Å². The minimum atomic E-state index is -0.374. The van der Waals surface area contributed by atoms with E-state index in [2.05, 4.69) is 26.1 Å². The highest BCUT2D eigenvalue weighted by Gasteiger charge is 2.22. The van der Waals surface area contributed by atoms with Gasteiger partial charge in [0.1, 0.15) is 11.4 Å². The van der Waals surface area contributed by atoms with Crippen molar-refractivity contribution in [2.75, 3.05) is 30.4 Å². The summed E-state index contributed by atoms with van der Waals surface area (Å²) in [5, 5.41) is 3.10. The molecule has 0 bridgehead atoms. The average Bonchev–Trinajstić information content (AvgIpc) is 2.29. The smallest absolute Gasteiger partial charge is 0.253 e. The van der Waals surface area contributed by atoms with Gasteiger partial charge in [-0.15, -0.1) is 0 Å². The molecule has 0 aromatic heterocycles. The lowest BCUT2D eigenvalue weighted by Crippen LogP contribution is -2.41. The molecule has 0 heterocycles. The molecule has 4 heteroatoms. The molecule has 0 saturated heterocycles. The fourth-order valence-electron chi connectivity index (χ4n) is 1.90. The standard InChI is InChI=1S/C14H24N2O2/c1-6-16(5)11-10(12(17)13(11)18)15-9-7-8-14(2,3)4/h15H,6-9H2,1-5H3. The first-order valence-corrected chi connectivity index (χ1v) is 6.56. The normalized spacial score (nSPS) is 11.8. The van der Waals surface area contributed by atoms with Crippen LogP contribution in [0.2, 0.25) is 0 Å². The topological polar surface area (TPSA) is 49.4 Å². The van der Waals surface area contributed by atoms with Crippen molar-refractivity contribution in [1.82, 2.24) is 0 Å². The highest BCUT2D eigenvalue weighted by Crippen LogP contribution is 2.22. The van der Waals surface area contributed by atoms with Gasteiger partial charge in [0.15, 0.2) is 0 Å². The molecule has 0 amide bonds. The third-order valence-corrected chi connectivity index (χ3v) is 3.15.